The fraction of sp³-hybridized carbons (Fsp3) is 0.294. The molecule has 152 valence electrons. The van der Waals surface area contributed by atoms with Crippen molar-refractivity contribution < 1.29 is 19.5 Å². The van der Waals surface area contributed by atoms with E-state index in [0.717, 1.165) is 10.2 Å². The summed E-state index contributed by atoms with van der Waals surface area (Å²) in [7, 11) is 3.35. The van der Waals surface area contributed by atoms with Gasteiger partial charge in [-0.15, -0.1) is 0 Å². The van der Waals surface area contributed by atoms with Gasteiger partial charge in [-0.3, -0.25) is 19.0 Å². The summed E-state index contributed by atoms with van der Waals surface area (Å²) in [6, 6.07) is 0.370. The Balaban J connectivity index is 1.76. The highest BCUT2D eigenvalue weighted by Crippen LogP contribution is 2.17. The third kappa shape index (κ3) is 4.15. The largest absolute Gasteiger partial charge is 0.480 e. The average molecular weight is 400 g/mol. The number of rotatable bonds is 7. The predicted octanol–water partition coefficient (Wildman–Crippen LogP) is 0.178. The minimum atomic E-state index is -1.13. The number of carbonyl (C=O) groups is 3. The maximum Gasteiger partial charge on any atom is 0.328 e. The zero-order chi connectivity index (χ0) is 21.1. The molecule has 0 saturated carbocycles. The molecule has 0 fully saturated rings. The van der Waals surface area contributed by atoms with Crippen LogP contribution in [0.15, 0.2) is 30.9 Å². The Morgan fingerprint density at radius 3 is 2.55 bits per heavy atom. The number of hydrogen-bond acceptors (Lipinski definition) is 6. The van der Waals surface area contributed by atoms with Crippen LogP contribution in [0.5, 0.6) is 0 Å². The van der Waals surface area contributed by atoms with E-state index < -0.39 is 23.8 Å². The number of carboxylic acids is 1. The lowest BCUT2D eigenvalue weighted by Crippen LogP contribution is -2.28. The molecule has 0 aliphatic heterocycles. The second kappa shape index (κ2) is 7.96. The standard InChI is InChI=1S/C17H20N8O4/c1-10(17(28)29)25-13(4-5-19-25)15(26)22-12-8-21-24(3)14(12)16(27)18-6-11-7-20-23(2)9-11/h4-5,7-10H,6H2,1-3H3,(H,18,27)(H,22,26)(H,28,29). The molecule has 0 radical (unpaired) electrons. The first-order valence-electron chi connectivity index (χ1n) is 8.63. The van der Waals surface area contributed by atoms with Gasteiger partial charge in [0.2, 0.25) is 0 Å². The summed E-state index contributed by atoms with van der Waals surface area (Å²) in [5.74, 6) is -2.17. The Kier molecular flexibility index (Phi) is 5.43. The van der Waals surface area contributed by atoms with Crippen molar-refractivity contribution in [2.24, 2.45) is 14.1 Å². The van der Waals surface area contributed by atoms with Gasteiger partial charge in [-0.05, 0) is 13.0 Å². The van der Waals surface area contributed by atoms with Crippen molar-refractivity contribution in [3.63, 3.8) is 0 Å². The van der Waals surface area contributed by atoms with E-state index in [1.165, 1.54) is 30.1 Å². The Morgan fingerprint density at radius 2 is 1.90 bits per heavy atom. The van der Waals surface area contributed by atoms with Crippen LogP contribution in [0.25, 0.3) is 0 Å². The van der Waals surface area contributed by atoms with Crippen molar-refractivity contribution in [2.45, 2.75) is 19.5 Å². The number of aliphatic carboxylic acids is 1. The lowest BCUT2D eigenvalue weighted by Gasteiger charge is -2.12. The number of aromatic nitrogens is 6. The molecule has 2 amide bonds. The second-order valence-corrected chi connectivity index (χ2v) is 6.36. The van der Waals surface area contributed by atoms with E-state index in [9.17, 15) is 14.4 Å². The van der Waals surface area contributed by atoms with Crippen LogP contribution in [0, 0.1) is 0 Å². The smallest absolute Gasteiger partial charge is 0.328 e. The van der Waals surface area contributed by atoms with Crippen LogP contribution >= 0.6 is 0 Å². The number of amides is 2. The molecule has 12 heteroatoms. The molecule has 0 bridgehead atoms. The summed E-state index contributed by atoms with van der Waals surface area (Å²) in [5.41, 5.74) is 1.21. The minimum absolute atomic E-state index is 0.0467. The molecule has 3 aromatic rings. The van der Waals surface area contributed by atoms with Crippen molar-refractivity contribution in [3.05, 3.63) is 47.8 Å². The van der Waals surface area contributed by atoms with Crippen molar-refractivity contribution in [3.8, 4) is 0 Å². The van der Waals surface area contributed by atoms with E-state index in [4.69, 9.17) is 5.11 Å². The van der Waals surface area contributed by atoms with Crippen molar-refractivity contribution in [1.82, 2.24) is 34.7 Å². The molecular weight excluding hydrogens is 380 g/mol. The van der Waals surface area contributed by atoms with Crippen LogP contribution in [0.2, 0.25) is 0 Å². The first-order chi connectivity index (χ1) is 13.8. The van der Waals surface area contributed by atoms with Crippen LogP contribution in [0.3, 0.4) is 0 Å². The highest BCUT2D eigenvalue weighted by Gasteiger charge is 2.24. The van der Waals surface area contributed by atoms with Crippen LogP contribution in [0.1, 0.15) is 39.5 Å². The molecule has 29 heavy (non-hydrogen) atoms. The molecule has 0 spiro atoms. The first-order valence-corrected chi connectivity index (χ1v) is 8.63. The van der Waals surface area contributed by atoms with Gasteiger partial charge >= 0.3 is 5.97 Å². The number of carboxylic acid groups (broad SMARTS) is 1. The molecule has 3 aromatic heterocycles. The number of hydrogen-bond donors (Lipinski definition) is 3. The topological polar surface area (TPSA) is 149 Å². The second-order valence-electron chi connectivity index (χ2n) is 6.36. The predicted molar refractivity (Wildman–Crippen MR) is 100 cm³/mol. The summed E-state index contributed by atoms with van der Waals surface area (Å²) in [5, 5.41) is 26.5. The summed E-state index contributed by atoms with van der Waals surface area (Å²) in [4.78, 5) is 36.5. The fourth-order valence-corrected chi connectivity index (χ4v) is 2.72. The molecule has 3 rings (SSSR count). The van der Waals surface area contributed by atoms with E-state index in [1.54, 1.807) is 31.2 Å². The van der Waals surface area contributed by atoms with Gasteiger partial charge in [0.05, 0.1) is 18.1 Å². The summed E-state index contributed by atoms with van der Waals surface area (Å²) in [6.45, 7) is 1.67. The van der Waals surface area contributed by atoms with Gasteiger partial charge in [-0.1, -0.05) is 0 Å². The molecule has 0 aromatic carbocycles. The van der Waals surface area contributed by atoms with Gasteiger partial charge in [0.1, 0.15) is 17.4 Å². The molecule has 1 unspecified atom stereocenters. The summed E-state index contributed by atoms with van der Waals surface area (Å²) < 4.78 is 4.06. The zero-order valence-corrected chi connectivity index (χ0v) is 16.0. The van der Waals surface area contributed by atoms with E-state index in [2.05, 4.69) is 25.9 Å². The number of carbonyl (C=O) groups excluding carboxylic acids is 2. The van der Waals surface area contributed by atoms with Gasteiger partial charge in [-0.2, -0.15) is 15.3 Å². The van der Waals surface area contributed by atoms with Gasteiger partial charge in [0.25, 0.3) is 11.8 Å². The lowest BCUT2D eigenvalue weighted by atomic mass is 10.2. The first kappa shape index (κ1) is 19.8. The van der Waals surface area contributed by atoms with Gasteiger partial charge in [0, 0.05) is 38.6 Å². The average Bonchev–Trinajstić information content (AvgIpc) is 3.39. The lowest BCUT2D eigenvalue weighted by molar-refractivity contribution is -0.140. The van der Waals surface area contributed by atoms with Gasteiger partial charge < -0.3 is 15.7 Å². The van der Waals surface area contributed by atoms with E-state index in [1.807, 2.05) is 0 Å². The minimum Gasteiger partial charge on any atom is -0.480 e. The Hall–Kier alpha value is -3.96. The number of nitrogens with zero attached hydrogens (tertiary/aromatic N) is 6. The quantitative estimate of drug-likeness (QED) is 0.512. The van der Waals surface area contributed by atoms with E-state index in [0.29, 0.717) is 0 Å². The fourth-order valence-electron chi connectivity index (χ4n) is 2.72. The molecule has 1 atom stereocenters. The van der Waals surface area contributed by atoms with E-state index >= 15 is 0 Å². The molecule has 0 aliphatic rings. The van der Waals surface area contributed by atoms with Crippen LogP contribution in [-0.4, -0.2) is 52.2 Å². The van der Waals surface area contributed by atoms with Gasteiger partial charge in [-0.25, -0.2) is 9.48 Å². The zero-order valence-electron chi connectivity index (χ0n) is 16.0. The molecule has 3 heterocycles. The Bertz CT molecular complexity index is 1060. The number of nitrogens with one attached hydrogen (secondary N) is 2. The SMILES string of the molecule is CC(C(=O)O)n1nccc1C(=O)Nc1cnn(C)c1C(=O)NCc1cnn(C)c1. The van der Waals surface area contributed by atoms with E-state index in [-0.39, 0.29) is 23.6 Å². The molecule has 0 aliphatic carbocycles. The highest BCUT2D eigenvalue weighted by atomic mass is 16.4. The highest BCUT2D eigenvalue weighted by molar-refractivity contribution is 6.07. The maximum atomic E-state index is 12.6. The Labute approximate surface area is 165 Å². The summed E-state index contributed by atoms with van der Waals surface area (Å²) >= 11 is 0. The Morgan fingerprint density at radius 1 is 1.14 bits per heavy atom. The normalized spacial score (nSPS) is 11.8. The van der Waals surface area contributed by atoms with Crippen LogP contribution < -0.4 is 10.6 Å². The maximum absolute atomic E-state index is 12.6. The third-order valence-corrected chi connectivity index (χ3v) is 4.24. The molecular formula is C17H20N8O4. The van der Waals surface area contributed by atoms with Crippen molar-refractivity contribution >= 4 is 23.5 Å². The number of aryl methyl sites for hydroxylation is 2. The molecule has 12 nitrogen and oxygen atoms in total. The molecule has 0 saturated heterocycles. The van der Waals surface area contributed by atoms with Crippen LogP contribution in [0.4, 0.5) is 5.69 Å². The monoisotopic (exact) mass is 400 g/mol. The number of anilines is 1. The third-order valence-electron chi connectivity index (χ3n) is 4.24. The van der Waals surface area contributed by atoms with Gasteiger partial charge in [0.15, 0.2) is 0 Å². The van der Waals surface area contributed by atoms with Crippen molar-refractivity contribution in [2.75, 3.05) is 5.32 Å². The van der Waals surface area contributed by atoms with Crippen molar-refractivity contribution in [1.29, 1.82) is 0 Å². The van der Waals surface area contributed by atoms with Crippen LogP contribution in [-0.2, 0) is 25.4 Å². The molecule has 3 N–H and O–H groups in total. The summed E-state index contributed by atoms with van der Waals surface area (Å²) in [6.07, 6.45) is 6.09.